The van der Waals surface area contributed by atoms with E-state index in [1.54, 1.807) is 90.4 Å². The van der Waals surface area contributed by atoms with Crippen molar-refractivity contribution in [3.63, 3.8) is 0 Å². The number of Topliss-reactive ketones (excluding diaryl/α,β-unsaturated/α-hetero) is 1. The van der Waals surface area contributed by atoms with Gasteiger partial charge in [0.15, 0.2) is 31.3 Å². The maximum Gasteiger partial charge on any atom is 0.229 e. The van der Waals surface area contributed by atoms with E-state index < -0.39 is 35.6 Å². The molecule has 0 unspecified atom stereocenters. The maximum absolute atomic E-state index is 12.9. The number of ether oxygens (including phenoxy) is 3. The Bertz CT molecular complexity index is 3500. The molecule has 0 spiro atoms. The van der Waals surface area contributed by atoms with Crippen LogP contribution in [0.1, 0.15) is 90.5 Å². The average Bonchev–Trinajstić information content (AvgIpc) is 3.53. The molecular weight excluding hydrogens is 1080 g/mol. The van der Waals surface area contributed by atoms with Crippen molar-refractivity contribution in [3.8, 4) is 11.5 Å². The van der Waals surface area contributed by atoms with Crippen LogP contribution in [0.2, 0.25) is 10.0 Å². The topological polar surface area (TPSA) is 228 Å². The number of hydrogen-bond acceptors (Lipinski definition) is 18. The Kier molecular flexibility index (Phi) is 17.3. The highest BCUT2D eigenvalue weighted by atomic mass is 35.5. The summed E-state index contributed by atoms with van der Waals surface area (Å²) in [6.07, 6.45) is 5.73. The number of benzene rings is 4. The van der Waals surface area contributed by atoms with Gasteiger partial charge in [0.25, 0.3) is 0 Å². The number of aromatic nitrogens is 4. The summed E-state index contributed by atoms with van der Waals surface area (Å²) >= 11 is 12.8. The van der Waals surface area contributed by atoms with E-state index in [1.807, 2.05) is 26.0 Å². The molecule has 9 rings (SSSR count). The third kappa shape index (κ3) is 12.2. The van der Waals surface area contributed by atoms with Crippen LogP contribution in [0.25, 0.3) is 0 Å². The molecule has 2 aromatic heterocycles. The Morgan fingerprint density at radius 3 is 1.50 bits per heavy atom. The zero-order valence-electron chi connectivity index (χ0n) is 45.4. The number of halogens is 2. The quantitative estimate of drug-likeness (QED) is 0.0749. The molecule has 1 saturated heterocycles. The third-order valence-corrected chi connectivity index (χ3v) is 19.2. The highest BCUT2D eigenvalue weighted by Gasteiger charge is 2.37. The minimum absolute atomic E-state index is 0.165. The SMILES string of the molecule is COc1cc2c(cc1Nc1ncc(Cl)c(Nc3ccccc3S(=O)(=O)C(C)C)n1)CC/C(=N\N1CCOCC1)C2(C)C.COc1cc2c(cc1Nc1ncc(Cl)c(Nc3ccccc3S(=O)(=O)C(C)C)n1)CCC(=O)C2(C)C. The molecule has 6 aromatic rings. The van der Waals surface area contributed by atoms with Gasteiger partial charge in [-0.15, -0.1) is 0 Å². The highest BCUT2D eigenvalue weighted by Crippen LogP contribution is 2.43. The van der Waals surface area contributed by atoms with Crippen molar-refractivity contribution in [1.82, 2.24) is 24.9 Å². The summed E-state index contributed by atoms with van der Waals surface area (Å²) in [6, 6.07) is 21.3. The molecule has 3 heterocycles. The maximum atomic E-state index is 12.9. The van der Waals surface area contributed by atoms with Gasteiger partial charge in [0.2, 0.25) is 11.9 Å². The third-order valence-electron chi connectivity index (χ3n) is 14.2. The second-order valence-electron chi connectivity index (χ2n) is 20.7. The molecule has 0 radical (unpaired) electrons. The number of sulfone groups is 2. The first-order valence-corrected chi connectivity index (χ1v) is 29.5. The van der Waals surface area contributed by atoms with Crippen molar-refractivity contribution in [2.24, 2.45) is 5.10 Å². The number of rotatable bonds is 15. The van der Waals surface area contributed by atoms with Gasteiger partial charge in [0, 0.05) is 23.0 Å². The lowest BCUT2D eigenvalue weighted by Gasteiger charge is -2.36. The number of anilines is 8. The van der Waals surface area contributed by atoms with E-state index in [9.17, 15) is 21.6 Å². The number of methoxy groups -OCH3 is 2. The molecule has 1 fully saturated rings. The van der Waals surface area contributed by atoms with E-state index in [4.69, 9.17) is 42.5 Å². The van der Waals surface area contributed by atoms with Crippen LogP contribution in [0.3, 0.4) is 0 Å². The van der Waals surface area contributed by atoms with Crippen LogP contribution in [0.15, 0.2) is 100 Å². The zero-order chi connectivity index (χ0) is 56.3. The highest BCUT2D eigenvalue weighted by molar-refractivity contribution is 7.92. The normalized spacial score (nSPS) is 16.4. The summed E-state index contributed by atoms with van der Waals surface area (Å²) in [5, 5.41) is 19.0. The summed E-state index contributed by atoms with van der Waals surface area (Å²) in [5.41, 5.74) is 6.80. The number of nitrogens with one attached hydrogen (secondary N) is 4. The molecule has 0 bridgehead atoms. The second-order valence-corrected chi connectivity index (χ2v) is 26.4. The van der Waals surface area contributed by atoms with Gasteiger partial charge in [-0.25, -0.2) is 26.8 Å². The molecule has 3 aliphatic rings. The summed E-state index contributed by atoms with van der Waals surface area (Å²) in [5.74, 6) is 2.47. The van der Waals surface area contributed by atoms with Crippen LogP contribution < -0.4 is 30.7 Å². The number of ketones is 1. The van der Waals surface area contributed by atoms with Gasteiger partial charge in [-0.1, -0.05) is 61.3 Å². The Hall–Kier alpha value is -6.58. The first kappa shape index (κ1) is 57.6. The standard InChI is InChI=1S/C30H37ClN6O4S.C26H29ClN4O4S/c1-19(2)42(38,39)26-9-7-6-8-23(26)33-28-22(31)18-32-29(35-28)34-24-16-20-10-11-27(36-37-12-14-41-15-13-37)30(3,4)21(20)17-25(24)40-5;1-15(2)36(33,34)22-9-7-6-8-19(22)29-24-18(27)14-28-25(31-24)30-20-12-16-10-11-23(32)26(3,4)17(16)13-21(20)35-5/h6-9,16-19H,10-15H2,1-5H3,(H2,32,33,34,35);6-9,12-15H,10-11H2,1-5H3,(H2,28,29,30,31)/b36-27+;. The monoisotopic (exact) mass is 1140 g/mol. The van der Waals surface area contributed by atoms with Crippen LogP contribution in [0.4, 0.5) is 46.3 Å². The fraction of sp³-hybridized carbons (Fsp3) is 0.393. The zero-order valence-corrected chi connectivity index (χ0v) is 48.6. The van der Waals surface area contributed by atoms with Crippen molar-refractivity contribution in [1.29, 1.82) is 0 Å². The predicted molar refractivity (Wildman–Crippen MR) is 308 cm³/mol. The van der Waals surface area contributed by atoms with Crippen molar-refractivity contribution < 1.29 is 35.8 Å². The Balaban J connectivity index is 0.000000208. The van der Waals surface area contributed by atoms with Gasteiger partial charge in [0.05, 0.1) is 96.0 Å². The number of hydrogen-bond donors (Lipinski definition) is 4. The molecule has 0 amide bonds. The van der Waals surface area contributed by atoms with Gasteiger partial charge in [-0.2, -0.15) is 15.1 Å². The number of para-hydroxylation sites is 2. The summed E-state index contributed by atoms with van der Waals surface area (Å²) < 4.78 is 68.4. The lowest BCUT2D eigenvalue weighted by molar-refractivity contribution is -0.124. The summed E-state index contributed by atoms with van der Waals surface area (Å²) in [6.45, 7) is 17.8. The minimum Gasteiger partial charge on any atom is -0.495 e. The predicted octanol–water partition coefficient (Wildman–Crippen LogP) is 11.3. The smallest absolute Gasteiger partial charge is 0.229 e. The summed E-state index contributed by atoms with van der Waals surface area (Å²) in [4.78, 5) is 30.5. The van der Waals surface area contributed by atoms with Crippen molar-refractivity contribution in [3.05, 3.63) is 117 Å². The molecular formula is C56H66Cl2N10O8S2. The van der Waals surface area contributed by atoms with E-state index in [0.717, 1.165) is 48.5 Å². The lowest BCUT2D eigenvalue weighted by Crippen LogP contribution is -2.39. The van der Waals surface area contributed by atoms with Crippen LogP contribution >= 0.6 is 23.2 Å². The molecule has 2 aliphatic carbocycles. The minimum atomic E-state index is -3.54. The number of fused-ring (bicyclic) bond motifs is 2. The van der Waals surface area contributed by atoms with Gasteiger partial charge >= 0.3 is 0 Å². The molecule has 1 aliphatic heterocycles. The molecule has 22 heteroatoms. The van der Waals surface area contributed by atoms with Gasteiger partial charge < -0.3 is 35.5 Å². The van der Waals surface area contributed by atoms with Crippen LogP contribution in [0, 0.1) is 0 Å². The number of carbonyl (C=O) groups is 1. The molecule has 4 aromatic carbocycles. The van der Waals surface area contributed by atoms with E-state index in [1.165, 1.54) is 23.5 Å². The molecule has 0 saturated carbocycles. The Morgan fingerprint density at radius 1 is 0.615 bits per heavy atom. The van der Waals surface area contributed by atoms with Crippen LogP contribution in [0.5, 0.6) is 11.5 Å². The number of morpholine rings is 1. The number of carbonyl (C=O) groups excluding carboxylic acids is 1. The molecule has 78 heavy (non-hydrogen) atoms. The Morgan fingerprint density at radius 2 is 1.05 bits per heavy atom. The number of nitrogens with zero attached hydrogens (tertiary/aromatic N) is 6. The molecule has 4 N–H and O–H groups in total. The molecule has 0 atom stereocenters. The summed E-state index contributed by atoms with van der Waals surface area (Å²) in [7, 11) is -3.88. The number of hydrazone groups is 1. The van der Waals surface area contributed by atoms with Gasteiger partial charge in [0.1, 0.15) is 27.3 Å². The van der Waals surface area contributed by atoms with Crippen LogP contribution in [-0.2, 0) is 52.9 Å². The fourth-order valence-corrected chi connectivity index (χ4v) is 12.1. The lowest BCUT2D eigenvalue weighted by atomic mass is 9.71. The largest absolute Gasteiger partial charge is 0.495 e. The van der Waals surface area contributed by atoms with Gasteiger partial charge in [-0.3, -0.25) is 9.80 Å². The van der Waals surface area contributed by atoms with E-state index in [-0.39, 0.29) is 54.6 Å². The van der Waals surface area contributed by atoms with Crippen molar-refractivity contribution in [2.45, 2.75) is 112 Å². The first-order chi connectivity index (χ1) is 36.9. The fourth-order valence-electron chi connectivity index (χ4n) is 9.46. The van der Waals surface area contributed by atoms with Crippen LogP contribution in [-0.4, -0.2) is 104 Å². The first-order valence-electron chi connectivity index (χ1n) is 25.6. The van der Waals surface area contributed by atoms with E-state index >= 15 is 0 Å². The van der Waals surface area contributed by atoms with Gasteiger partial charge in [-0.05, 0) is 132 Å². The Labute approximate surface area is 467 Å². The van der Waals surface area contributed by atoms with Crippen molar-refractivity contribution in [2.75, 3.05) is 61.8 Å². The second kappa shape index (κ2) is 23.4. The van der Waals surface area contributed by atoms with Crippen molar-refractivity contribution >= 4 is 101 Å². The molecule has 414 valence electrons. The van der Waals surface area contributed by atoms with E-state index in [2.05, 4.69) is 72.2 Å². The number of aryl methyl sites for hydroxylation is 2. The van der Waals surface area contributed by atoms with E-state index in [0.29, 0.717) is 54.6 Å². The molecule has 18 nitrogen and oxygen atoms in total. The average molecular weight is 1140 g/mol.